The third-order valence-corrected chi connectivity index (χ3v) is 5.50. The first-order valence-electron chi connectivity index (χ1n) is 10.6. The highest BCUT2D eigenvalue weighted by atomic mass is 16.4. The van der Waals surface area contributed by atoms with Crippen LogP contribution in [-0.2, 0) is 6.42 Å². The zero-order valence-corrected chi connectivity index (χ0v) is 16.9. The Morgan fingerprint density at radius 1 is 0.774 bits per heavy atom. The van der Waals surface area contributed by atoms with Crippen molar-refractivity contribution in [2.45, 2.75) is 44.2 Å². The first kappa shape index (κ1) is 18.1. The fourth-order valence-corrected chi connectivity index (χ4v) is 3.49. The third kappa shape index (κ3) is 3.76. The van der Waals surface area contributed by atoms with Crippen LogP contribution in [0.25, 0.3) is 22.2 Å². The molecule has 4 N–H and O–H groups in total. The molecule has 0 saturated heterocycles. The van der Waals surface area contributed by atoms with Crippen molar-refractivity contribution in [3.8, 4) is 0 Å². The highest BCUT2D eigenvalue weighted by Gasteiger charge is 2.22. The van der Waals surface area contributed by atoms with Gasteiger partial charge in [-0.15, -0.1) is 0 Å². The van der Waals surface area contributed by atoms with Crippen LogP contribution in [0.15, 0.2) is 55.2 Å². The highest BCUT2D eigenvalue weighted by Crippen LogP contribution is 2.26. The molecule has 0 radical (unpaired) electrons. The van der Waals surface area contributed by atoms with Gasteiger partial charge in [-0.3, -0.25) is 9.98 Å². The summed E-state index contributed by atoms with van der Waals surface area (Å²) in [7, 11) is 0. The van der Waals surface area contributed by atoms with E-state index in [1.165, 1.54) is 0 Å². The fourth-order valence-electron chi connectivity index (χ4n) is 3.49. The van der Waals surface area contributed by atoms with Crippen molar-refractivity contribution >= 4 is 33.9 Å². The number of fused-ring (bicyclic) bond motifs is 2. The van der Waals surface area contributed by atoms with Crippen molar-refractivity contribution in [1.29, 1.82) is 0 Å². The number of aromatic nitrogens is 2. The molecule has 0 atom stereocenters. The summed E-state index contributed by atoms with van der Waals surface area (Å²) >= 11 is 0. The van der Waals surface area contributed by atoms with Crippen LogP contribution in [0.4, 0.5) is 0 Å². The minimum absolute atomic E-state index is 0.352. The van der Waals surface area contributed by atoms with E-state index in [2.05, 4.69) is 20.0 Å². The molecule has 2 aliphatic rings. The zero-order chi connectivity index (χ0) is 20.9. The first-order chi connectivity index (χ1) is 15.1. The second-order valence-corrected chi connectivity index (χ2v) is 8.25. The monoisotopic (exact) mass is 414 g/mol. The van der Waals surface area contributed by atoms with Gasteiger partial charge in [0.1, 0.15) is 29.1 Å². The molecule has 2 fully saturated rings. The van der Waals surface area contributed by atoms with E-state index in [0.717, 1.165) is 47.8 Å². The topological polar surface area (TPSA) is 129 Å². The van der Waals surface area contributed by atoms with Gasteiger partial charge >= 0.3 is 0 Å². The normalized spacial score (nSPS) is 17.7. The fraction of sp³-hybridized carbons (Fsp3) is 0.304. The van der Waals surface area contributed by atoms with Crippen LogP contribution < -0.4 is 11.5 Å². The van der Waals surface area contributed by atoms with Gasteiger partial charge in [-0.25, -0.2) is 9.97 Å². The molecule has 2 saturated carbocycles. The van der Waals surface area contributed by atoms with Gasteiger partial charge in [0.2, 0.25) is 11.8 Å². The maximum absolute atomic E-state index is 6.11. The van der Waals surface area contributed by atoms with Gasteiger partial charge in [-0.2, -0.15) is 0 Å². The number of nitrogens with two attached hydrogens (primary N) is 2. The molecule has 0 amide bonds. The van der Waals surface area contributed by atoms with Gasteiger partial charge in [-0.05, 0) is 62.1 Å². The van der Waals surface area contributed by atoms with Gasteiger partial charge in [0.15, 0.2) is 11.2 Å². The Bertz CT molecular complexity index is 1250. The van der Waals surface area contributed by atoms with Crippen LogP contribution in [0, 0.1) is 0 Å². The Kier molecular flexibility index (Phi) is 4.05. The Labute approximate surface area is 178 Å². The number of oxazole rings is 2. The summed E-state index contributed by atoms with van der Waals surface area (Å²) in [6, 6.07) is 12.1. The summed E-state index contributed by atoms with van der Waals surface area (Å²) in [5.74, 6) is 2.15. The van der Waals surface area contributed by atoms with Crippen molar-refractivity contribution < 1.29 is 8.83 Å². The summed E-state index contributed by atoms with van der Waals surface area (Å²) in [6.45, 7) is 0. The predicted molar refractivity (Wildman–Crippen MR) is 118 cm³/mol. The van der Waals surface area contributed by atoms with E-state index in [9.17, 15) is 0 Å². The van der Waals surface area contributed by atoms with Gasteiger partial charge in [0.05, 0.1) is 12.1 Å². The molecule has 4 aromatic rings. The van der Waals surface area contributed by atoms with E-state index in [1.807, 2.05) is 36.4 Å². The van der Waals surface area contributed by atoms with E-state index in [-0.39, 0.29) is 0 Å². The molecular formula is C23H22N6O2. The number of amidine groups is 2. The van der Waals surface area contributed by atoms with Crippen LogP contribution in [0.3, 0.4) is 0 Å². The Morgan fingerprint density at radius 2 is 1.23 bits per heavy atom. The van der Waals surface area contributed by atoms with Crippen molar-refractivity contribution in [3.63, 3.8) is 0 Å². The molecule has 0 aliphatic heterocycles. The third-order valence-electron chi connectivity index (χ3n) is 5.50. The molecule has 0 spiro atoms. The van der Waals surface area contributed by atoms with Gasteiger partial charge in [-0.1, -0.05) is 0 Å². The molecule has 2 aromatic heterocycles. The van der Waals surface area contributed by atoms with E-state index < -0.39 is 0 Å². The smallest absolute Gasteiger partial charge is 0.204 e. The number of rotatable bonds is 6. The lowest BCUT2D eigenvalue weighted by molar-refractivity contribution is 0.488. The maximum atomic E-state index is 6.11. The summed E-state index contributed by atoms with van der Waals surface area (Å²) in [4.78, 5) is 18.1. The van der Waals surface area contributed by atoms with E-state index in [1.54, 1.807) is 0 Å². The zero-order valence-electron chi connectivity index (χ0n) is 16.9. The van der Waals surface area contributed by atoms with Crippen LogP contribution in [0.5, 0.6) is 0 Å². The van der Waals surface area contributed by atoms with Crippen molar-refractivity contribution in [2.24, 2.45) is 21.5 Å². The van der Waals surface area contributed by atoms with Crippen LogP contribution in [0.2, 0.25) is 0 Å². The standard InChI is InChI=1S/C23H22N6O2/c24-22(26-14-3-4-14)12-1-7-16-18(9-12)30-20(28-16)11-21-29-17-8-2-13(10-19(17)31-21)23(25)27-15-5-6-15/h1-2,7-10,14-15H,3-6,11H2,(H2,24,26)(H2,25,27). The molecule has 2 aromatic carbocycles. The lowest BCUT2D eigenvalue weighted by Crippen LogP contribution is -2.13. The van der Waals surface area contributed by atoms with Gasteiger partial charge in [0, 0.05) is 11.1 Å². The molecule has 156 valence electrons. The molecule has 0 bridgehead atoms. The molecular weight excluding hydrogens is 392 g/mol. The number of aliphatic imine (C=N–C) groups is 2. The van der Waals surface area contributed by atoms with E-state index in [0.29, 0.717) is 53.1 Å². The van der Waals surface area contributed by atoms with Crippen LogP contribution in [0.1, 0.15) is 48.6 Å². The van der Waals surface area contributed by atoms with Crippen molar-refractivity contribution in [2.75, 3.05) is 0 Å². The largest absolute Gasteiger partial charge is 0.440 e. The van der Waals surface area contributed by atoms with Crippen molar-refractivity contribution in [3.05, 3.63) is 59.3 Å². The summed E-state index contributed by atoms with van der Waals surface area (Å²) in [6.07, 6.45) is 4.80. The Hall–Kier alpha value is -3.68. The van der Waals surface area contributed by atoms with Gasteiger partial charge in [0.25, 0.3) is 0 Å². The number of hydrogen-bond donors (Lipinski definition) is 2. The SMILES string of the molecule is NC(=NC1CC1)c1ccc2nc(Cc3nc4ccc(C(N)=NC5CC5)cc4o3)oc2c1. The average Bonchev–Trinajstić information content (AvgIpc) is 3.67. The van der Waals surface area contributed by atoms with E-state index >= 15 is 0 Å². The number of hydrogen-bond acceptors (Lipinski definition) is 6. The molecule has 2 heterocycles. The second kappa shape index (κ2) is 6.94. The quantitative estimate of drug-likeness (QED) is 0.368. The lowest BCUT2D eigenvalue weighted by Gasteiger charge is -1.99. The number of nitrogens with zero attached hydrogens (tertiary/aromatic N) is 4. The number of benzene rings is 2. The average molecular weight is 414 g/mol. The van der Waals surface area contributed by atoms with Crippen LogP contribution >= 0.6 is 0 Å². The predicted octanol–water partition coefficient (Wildman–Crippen LogP) is 3.30. The highest BCUT2D eigenvalue weighted by molar-refractivity contribution is 6.00. The van der Waals surface area contributed by atoms with Gasteiger partial charge < -0.3 is 20.3 Å². The molecule has 8 nitrogen and oxygen atoms in total. The molecule has 8 heteroatoms. The maximum Gasteiger partial charge on any atom is 0.204 e. The van der Waals surface area contributed by atoms with E-state index in [4.69, 9.17) is 20.3 Å². The lowest BCUT2D eigenvalue weighted by atomic mass is 10.2. The van der Waals surface area contributed by atoms with Crippen molar-refractivity contribution in [1.82, 2.24) is 9.97 Å². The Morgan fingerprint density at radius 3 is 1.65 bits per heavy atom. The second-order valence-electron chi connectivity index (χ2n) is 8.25. The Balaban J connectivity index is 1.25. The molecule has 6 rings (SSSR count). The summed E-state index contributed by atoms with van der Waals surface area (Å²) in [5, 5.41) is 0. The minimum Gasteiger partial charge on any atom is -0.440 e. The summed E-state index contributed by atoms with van der Waals surface area (Å²) < 4.78 is 11.9. The van der Waals surface area contributed by atoms with Crippen LogP contribution in [-0.4, -0.2) is 33.7 Å². The molecule has 2 aliphatic carbocycles. The molecule has 31 heavy (non-hydrogen) atoms. The first-order valence-corrected chi connectivity index (χ1v) is 10.6. The summed E-state index contributed by atoms with van der Waals surface area (Å²) in [5.41, 5.74) is 16.8. The minimum atomic E-state index is 0.352. The molecule has 0 unspecified atom stereocenters.